The Hall–Kier alpha value is -2.87. The maximum atomic E-state index is 13.6. The highest BCUT2D eigenvalue weighted by Crippen LogP contribution is 2.29. The molecule has 0 aliphatic heterocycles. The molecule has 0 spiro atoms. The van der Waals surface area contributed by atoms with Crippen molar-refractivity contribution in [2.24, 2.45) is 0 Å². The molecule has 186 valence electrons. The standard InChI is InChI=1S/C26H37N3O4S/c1-7-16-27-26(31)21(5)28(17-22-13-9-8-12-20(22)4)25(30)18-29(34(6,32)33)24-15-11-10-14-23(24)19(2)3/h8-15,19,21H,7,16-18H2,1-6H3,(H,27,31)/t21-/m0/s1. The van der Waals surface area contributed by atoms with E-state index in [9.17, 15) is 18.0 Å². The molecule has 2 amide bonds. The summed E-state index contributed by atoms with van der Waals surface area (Å²) in [6.07, 6.45) is 1.87. The van der Waals surface area contributed by atoms with Gasteiger partial charge in [0.25, 0.3) is 0 Å². The van der Waals surface area contributed by atoms with Gasteiger partial charge in [0.05, 0.1) is 11.9 Å². The highest BCUT2D eigenvalue weighted by Gasteiger charge is 2.31. The molecule has 0 aliphatic rings. The first-order valence-corrected chi connectivity index (χ1v) is 13.5. The number of nitrogens with one attached hydrogen (secondary N) is 1. The summed E-state index contributed by atoms with van der Waals surface area (Å²) in [5, 5.41) is 2.84. The molecule has 0 bridgehead atoms. The number of rotatable bonds is 11. The number of carbonyl (C=O) groups excluding carboxylic acids is 2. The van der Waals surface area contributed by atoms with Gasteiger partial charge in [0, 0.05) is 13.1 Å². The first-order chi connectivity index (χ1) is 16.0. The maximum Gasteiger partial charge on any atom is 0.244 e. The summed E-state index contributed by atoms with van der Waals surface area (Å²) in [6.45, 7) is 9.85. The summed E-state index contributed by atoms with van der Waals surface area (Å²) in [5.41, 5.74) is 3.21. The number of nitrogens with zero attached hydrogens (tertiary/aromatic N) is 2. The van der Waals surface area contributed by atoms with E-state index in [1.54, 1.807) is 19.1 Å². The minimum atomic E-state index is -3.76. The quantitative estimate of drug-likeness (QED) is 0.522. The van der Waals surface area contributed by atoms with Crippen LogP contribution in [-0.4, -0.2) is 50.5 Å². The number of carbonyl (C=O) groups is 2. The number of benzene rings is 2. The third kappa shape index (κ3) is 7.06. The summed E-state index contributed by atoms with van der Waals surface area (Å²) in [6, 6.07) is 14.1. The van der Waals surface area contributed by atoms with Crippen molar-refractivity contribution >= 4 is 27.5 Å². The van der Waals surface area contributed by atoms with Gasteiger partial charge in [0.1, 0.15) is 12.6 Å². The van der Waals surface area contributed by atoms with Crippen LogP contribution in [0.15, 0.2) is 48.5 Å². The van der Waals surface area contributed by atoms with E-state index in [0.29, 0.717) is 12.2 Å². The van der Waals surface area contributed by atoms with Gasteiger partial charge in [-0.25, -0.2) is 8.42 Å². The summed E-state index contributed by atoms with van der Waals surface area (Å²) in [5.74, 6) is -0.638. The van der Waals surface area contributed by atoms with E-state index < -0.39 is 22.0 Å². The van der Waals surface area contributed by atoms with Crippen molar-refractivity contribution in [2.45, 2.75) is 59.5 Å². The fourth-order valence-corrected chi connectivity index (χ4v) is 4.62. The van der Waals surface area contributed by atoms with Crippen LogP contribution in [0.2, 0.25) is 0 Å². The van der Waals surface area contributed by atoms with Gasteiger partial charge >= 0.3 is 0 Å². The summed E-state index contributed by atoms with van der Waals surface area (Å²) >= 11 is 0. The van der Waals surface area contributed by atoms with Crippen molar-refractivity contribution in [3.8, 4) is 0 Å². The fourth-order valence-electron chi connectivity index (χ4n) is 3.75. The van der Waals surface area contributed by atoms with Crippen LogP contribution in [0.1, 0.15) is 56.7 Å². The third-order valence-corrected chi connectivity index (χ3v) is 6.95. The Morgan fingerprint density at radius 1 is 1.00 bits per heavy atom. The molecule has 0 saturated carbocycles. The minimum absolute atomic E-state index is 0.0670. The second kappa shape index (κ2) is 12.0. The predicted octanol–water partition coefficient (Wildman–Crippen LogP) is 3.83. The second-order valence-corrected chi connectivity index (χ2v) is 10.8. The van der Waals surface area contributed by atoms with E-state index in [0.717, 1.165) is 33.7 Å². The van der Waals surface area contributed by atoms with E-state index >= 15 is 0 Å². The van der Waals surface area contributed by atoms with Gasteiger partial charge in [-0.2, -0.15) is 0 Å². The first-order valence-electron chi connectivity index (χ1n) is 11.7. The van der Waals surface area contributed by atoms with Crippen LogP contribution in [-0.2, 0) is 26.2 Å². The SMILES string of the molecule is CCCNC(=O)[C@H](C)N(Cc1ccccc1C)C(=O)CN(c1ccccc1C(C)C)S(C)(=O)=O. The Balaban J connectivity index is 2.45. The molecular formula is C26H37N3O4S. The molecule has 1 atom stereocenters. The smallest absolute Gasteiger partial charge is 0.244 e. The third-order valence-electron chi connectivity index (χ3n) is 5.83. The van der Waals surface area contributed by atoms with E-state index in [1.165, 1.54) is 4.90 Å². The van der Waals surface area contributed by atoms with Gasteiger partial charge in [-0.1, -0.05) is 63.2 Å². The molecule has 2 aromatic carbocycles. The highest BCUT2D eigenvalue weighted by atomic mass is 32.2. The Kier molecular flexibility index (Phi) is 9.67. The van der Waals surface area contributed by atoms with Gasteiger partial charge < -0.3 is 10.2 Å². The molecule has 0 radical (unpaired) electrons. The van der Waals surface area contributed by atoms with Gasteiger partial charge in [0.2, 0.25) is 21.8 Å². The molecule has 8 heteroatoms. The van der Waals surface area contributed by atoms with E-state index in [-0.39, 0.29) is 24.9 Å². The van der Waals surface area contributed by atoms with E-state index in [2.05, 4.69) is 5.32 Å². The van der Waals surface area contributed by atoms with Crippen molar-refractivity contribution in [1.29, 1.82) is 0 Å². The zero-order valence-electron chi connectivity index (χ0n) is 21.0. The van der Waals surface area contributed by atoms with Crippen LogP contribution in [0.5, 0.6) is 0 Å². The molecule has 0 heterocycles. The number of anilines is 1. The molecule has 1 N–H and O–H groups in total. The van der Waals surface area contributed by atoms with Crippen molar-refractivity contribution in [3.05, 3.63) is 65.2 Å². The molecule has 0 aromatic heterocycles. The van der Waals surface area contributed by atoms with Crippen molar-refractivity contribution in [3.63, 3.8) is 0 Å². The highest BCUT2D eigenvalue weighted by molar-refractivity contribution is 7.92. The van der Waals surface area contributed by atoms with Crippen LogP contribution in [0.3, 0.4) is 0 Å². The van der Waals surface area contributed by atoms with E-state index in [4.69, 9.17) is 0 Å². The van der Waals surface area contributed by atoms with Crippen LogP contribution >= 0.6 is 0 Å². The Labute approximate surface area is 204 Å². The van der Waals surface area contributed by atoms with Crippen molar-refractivity contribution < 1.29 is 18.0 Å². The molecule has 0 aliphatic carbocycles. The van der Waals surface area contributed by atoms with Crippen LogP contribution < -0.4 is 9.62 Å². The lowest BCUT2D eigenvalue weighted by molar-refractivity contribution is -0.139. The monoisotopic (exact) mass is 487 g/mol. The van der Waals surface area contributed by atoms with Crippen molar-refractivity contribution in [1.82, 2.24) is 10.2 Å². The summed E-state index contributed by atoms with van der Waals surface area (Å²) in [4.78, 5) is 27.9. The fraction of sp³-hybridized carbons (Fsp3) is 0.462. The molecule has 0 saturated heterocycles. The number of para-hydroxylation sites is 1. The van der Waals surface area contributed by atoms with Crippen LogP contribution in [0.25, 0.3) is 0 Å². The second-order valence-electron chi connectivity index (χ2n) is 8.90. The Morgan fingerprint density at radius 2 is 1.62 bits per heavy atom. The average Bonchev–Trinajstić information content (AvgIpc) is 2.79. The topological polar surface area (TPSA) is 86.8 Å². The molecule has 34 heavy (non-hydrogen) atoms. The predicted molar refractivity (Wildman–Crippen MR) is 137 cm³/mol. The zero-order valence-corrected chi connectivity index (χ0v) is 21.9. The number of hydrogen-bond acceptors (Lipinski definition) is 4. The lowest BCUT2D eigenvalue weighted by Crippen LogP contribution is -2.51. The molecule has 2 rings (SSSR count). The zero-order chi connectivity index (χ0) is 25.5. The van der Waals surface area contributed by atoms with Gasteiger partial charge in [0.15, 0.2) is 0 Å². The number of aryl methyl sites for hydroxylation is 1. The Morgan fingerprint density at radius 3 is 2.21 bits per heavy atom. The van der Waals surface area contributed by atoms with Crippen LogP contribution in [0, 0.1) is 6.92 Å². The molecular weight excluding hydrogens is 450 g/mol. The number of hydrogen-bond donors (Lipinski definition) is 1. The van der Waals surface area contributed by atoms with Gasteiger partial charge in [-0.3, -0.25) is 13.9 Å². The van der Waals surface area contributed by atoms with Crippen molar-refractivity contribution in [2.75, 3.05) is 23.7 Å². The first kappa shape index (κ1) is 27.4. The lowest BCUT2D eigenvalue weighted by Gasteiger charge is -2.32. The Bertz CT molecular complexity index is 1100. The van der Waals surface area contributed by atoms with Crippen LogP contribution in [0.4, 0.5) is 5.69 Å². The summed E-state index contributed by atoms with van der Waals surface area (Å²) in [7, 11) is -3.76. The molecule has 7 nitrogen and oxygen atoms in total. The molecule has 0 fully saturated rings. The van der Waals surface area contributed by atoms with Gasteiger partial charge in [-0.15, -0.1) is 0 Å². The summed E-state index contributed by atoms with van der Waals surface area (Å²) < 4.78 is 26.7. The number of amides is 2. The maximum absolute atomic E-state index is 13.6. The normalized spacial score (nSPS) is 12.3. The average molecular weight is 488 g/mol. The van der Waals surface area contributed by atoms with Gasteiger partial charge in [-0.05, 0) is 48.9 Å². The van der Waals surface area contributed by atoms with E-state index in [1.807, 2.05) is 64.1 Å². The largest absolute Gasteiger partial charge is 0.354 e. The molecule has 0 unspecified atom stereocenters. The molecule has 2 aromatic rings. The minimum Gasteiger partial charge on any atom is -0.354 e. The number of sulfonamides is 1. The lowest BCUT2D eigenvalue weighted by atomic mass is 10.0.